The van der Waals surface area contributed by atoms with Gasteiger partial charge in [-0.1, -0.05) is 27.7 Å². The van der Waals surface area contributed by atoms with E-state index in [2.05, 4.69) is 42.9 Å². The molecule has 0 atom stereocenters. The van der Waals surface area contributed by atoms with Gasteiger partial charge in [-0.2, -0.15) is 10.2 Å². The Morgan fingerprint density at radius 1 is 1.27 bits per heavy atom. The molecular weight excluding hydrogens is 206 g/mol. The maximum absolute atomic E-state index is 4.38. The first-order chi connectivity index (χ1) is 7.04. The van der Waals surface area contributed by atoms with Crippen LogP contribution in [0.25, 0.3) is 10.2 Å². The van der Waals surface area contributed by atoms with E-state index in [0.29, 0.717) is 0 Å². The highest BCUT2D eigenvalue weighted by molar-refractivity contribution is 7.16. The molecule has 0 unspecified atom stereocenters. The van der Waals surface area contributed by atoms with Crippen molar-refractivity contribution in [3.8, 4) is 0 Å². The molecule has 4 heteroatoms. The predicted molar refractivity (Wildman–Crippen MR) is 63.3 cm³/mol. The lowest BCUT2D eigenvalue weighted by molar-refractivity contribution is 0.565. The second kappa shape index (κ2) is 3.52. The summed E-state index contributed by atoms with van der Waals surface area (Å²) in [5.41, 5.74) is 4.99. The number of aromatic nitrogens is 3. The van der Waals surface area contributed by atoms with Gasteiger partial charge in [0.15, 0.2) is 0 Å². The molecule has 2 aromatic rings. The minimum Gasteiger partial charge on any atom is -0.243 e. The van der Waals surface area contributed by atoms with Crippen molar-refractivity contribution in [1.82, 2.24) is 15.2 Å². The zero-order valence-corrected chi connectivity index (χ0v) is 10.4. The lowest BCUT2D eigenvalue weighted by Crippen LogP contribution is -2.15. The summed E-state index contributed by atoms with van der Waals surface area (Å²) in [4.78, 5) is 4.38. The highest BCUT2D eigenvalue weighted by Crippen LogP contribution is 2.30. The minimum atomic E-state index is 0.0318. The molecule has 80 valence electrons. The number of nitrogens with zero attached hydrogens (tertiary/aromatic N) is 3. The van der Waals surface area contributed by atoms with Crippen molar-refractivity contribution in [1.29, 1.82) is 0 Å². The first kappa shape index (κ1) is 10.5. The van der Waals surface area contributed by atoms with Gasteiger partial charge in [-0.25, -0.2) is 4.98 Å². The smallest absolute Gasteiger partial charge is 0.106 e. The van der Waals surface area contributed by atoms with E-state index in [1.165, 1.54) is 4.70 Å². The Morgan fingerprint density at radius 3 is 2.60 bits per heavy atom. The van der Waals surface area contributed by atoms with Crippen LogP contribution in [0.15, 0.2) is 5.51 Å². The number of hydrogen-bond acceptors (Lipinski definition) is 4. The van der Waals surface area contributed by atoms with E-state index in [4.69, 9.17) is 0 Å². The molecule has 0 aliphatic carbocycles. The summed E-state index contributed by atoms with van der Waals surface area (Å²) < 4.78 is 1.19. The maximum Gasteiger partial charge on any atom is 0.106 e. The van der Waals surface area contributed by atoms with Crippen molar-refractivity contribution < 1.29 is 0 Å². The zero-order valence-electron chi connectivity index (χ0n) is 9.53. The number of hydrogen-bond donors (Lipinski definition) is 0. The van der Waals surface area contributed by atoms with Gasteiger partial charge >= 0.3 is 0 Å². The summed E-state index contributed by atoms with van der Waals surface area (Å²) in [6.45, 7) is 8.55. The summed E-state index contributed by atoms with van der Waals surface area (Å²) in [6.07, 6.45) is 0.887. The van der Waals surface area contributed by atoms with Crippen LogP contribution in [-0.2, 0) is 11.8 Å². The summed E-state index contributed by atoms with van der Waals surface area (Å²) >= 11 is 1.66. The van der Waals surface area contributed by atoms with Crippen LogP contribution in [0.5, 0.6) is 0 Å². The minimum absolute atomic E-state index is 0.0318. The molecule has 0 bridgehead atoms. The number of fused-ring (bicyclic) bond motifs is 1. The fourth-order valence-electron chi connectivity index (χ4n) is 1.55. The largest absolute Gasteiger partial charge is 0.243 e. The molecule has 0 fully saturated rings. The second-order valence-electron chi connectivity index (χ2n) is 4.63. The Bertz CT molecular complexity index is 482. The SMILES string of the molecule is CCc1nnc(C(C)(C)C)c2scnc12. The maximum atomic E-state index is 4.38. The van der Waals surface area contributed by atoms with Gasteiger partial charge in [-0.05, 0) is 6.42 Å². The Kier molecular flexibility index (Phi) is 2.46. The molecule has 0 radical (unpaired) electrons. The van der Waals surface area contributed by atoms with Crippen molar-refractivity contribution >= 4 is 21.6 Å². The molecule has 0 spiro atoms. The van der Waals surface area contributed by atoms with Crippen molar-refractivity contribution in [2.45, 2.75) is 39.5 Å². The molecule has 15 heavy (non-hydrogen) atoms. The van der Waals surface area contributed by atoms with Gasteiger partial charge in [-0.15, -0.1) is 11.3 Å². The highest BCUT2D eigenvalue weighted by atomic mass is 32.1. The number of aryl methyl sites for hydroxylation is 1. The van der Waals surface area contributed by atoms with Crippen molar-refractivity contribution in [2.75, 3.05) is 0 Å². The van der Waals surface area contributed by atoms with E-state index in [1.807, 2.05) is 5.51 Å². The third kappa shape index (κ3) is 1.74. The monoisotopic (exact) mass is 221 g/mol. The summed E-state index contributed by atoms with van der Waals surface area (Å²) in [5.74, 6) is 0. The van der Waals surface area contributed by atoms with E-state index >= 15 is 0 Å². The number of rotatable bonds is 1. The first-order valence-corrected chi connectivity index (χ1v) is 6.01. The zero-order chi connectivity index (χ0) is 11.1. The lowest BCUT2D eigenvalue weighted by Gasteiger charge is -2.17. The average Bonchev–Trinajstić information content (AvgIpc) is 2.62. The van der Waals surface area contributed by atoms with Crippen LogP contribution in [0.4, 0.5) is 0 Å². The standard InChI is InChI=1S/C11H15N3S/c1-5-7-8-9(15-6-12-8)10(14-13-7)11(2,3)4/h6H,5H2,1-4H3. The number of thiazole rings is 1. The molecule has 2 rings (SSSR count). The van der Waals surface area contributed by atoms with Crippen molar-refractivity contribution in [3.63, 3.8) is 0 Å². The van der Waals surface area contributed by atoms with Gasteiger partial charge < -0.3 is 0 Å². The van der Waals surface area contributed by atoms with Gasteiger partial charge in [0, 0.05) is 5.41 Å². The first-order valence-electron chi connectivity index (χ1n) is 5.13. The van der Waals surface area contributed by atoms with Crippen LogP contribution in [0, 0.1) is 0 Å². The molecular formula is C11H15N3S. The van der Waals surface area contributed by atoms with Crippen LogP contribution < -0.4 is 0 Å². The Balaban J connectivity index is 2.74. The molecule has 3 nitrogen and oxygen atoms in total. The molecule has 2 heterocycles. The van der Waals surface area contributed by atoms with Crippen LogP contribution in [0.2, 0.25) is 0 Å². The summed E-state index contributed by atoms with van der Waals surface area (Å²) in [7, 11) is 0. The van der Waals surface area contributed by atoms with E-state index < -0.39 is 0 Å². The van der Waals surface area contributed by atoms with Gasteiger partial charge in [0.25, 0.3) is 0 Å². The van der Waals surface area contributed by atoms with Crippen molar-refractivity contribution in [2.24, 2.45) is 0 Å². The molecule has 2 aromatic heterocycles. The third-order valence-electron chi connectivity index (χ3n) is 2.37. The topological polar surface area (TPSA) is 38.7 Å². The fraction of sp³-hybridized carbons (Fsp3) is 0.545. The van der Waals surface area contributed by atoms with E-state index in [9.17, 15) is 0 Å². The van der Waals surface area contributed by atoms with Crippen LogP contribution in [-0.4, -0.2) is 15.2 Å². The van der Waals surface area contributed by atoms with Crippen LogP contribution >= 0.6 is 11.3 Å². The Labute approximate surface area is 93.6 Å². The summed E-state index contributed by atoms with van der Waals surface area (Å²) in [6, 6.07) is 0. The van der Waals surface area contributed by atoms with E-state index in [-0.39, 0.29) is 5.41 Å². The Morgan fingerprint density at radius 2 is 2.00 bits per heavy atom. The molecule has 0 N–H and O–H groups in total. The molecule has 0 aliphatic heterocycles. The third-order valence-corrected chi connectivity index (χ3v) is 3.21. The molecule has 0 aliphatic rings. The van der Waals surface area contributed by atoms with Gasteiger partial charge in [-0.3, -0.25) is 0 Å². The second-order valence-corrected chi connectivity index (χ2v) is 5.48. The summed E-state index contributed by atoms with van der Waals surface area (Å²) in [5, 5.41) is 8.60. The molecule has 0 amide bonds. The van der Waals surface area contributed by atoms with Gasteiger partial charge in [0.2, 0.25) is 0 Å². The molecule has 0 saturated heterocycles. The van der Waals surface area contributed by atoms with E-state index in [0.717, 1.165) is 23.3 Å². The molecule has 0 aromatic carbocycles. The highest BCUT2D eigenvalue weighted by Gasteiger charge is 2.21. The van der Waals surface area contributed by atoms with Crippen LogP contribution in [0.3, 0.4) is 0 Å². The van der Waals surface area contributed by atoms with Gasteiger partial charge in [0.1, 0.15) is 5.52 Å². The van der Waals surface area contributed by atoms with Crippen LogP contribution in [0.1, 0.15) is 39.1 Å². The van der Waals surface area contributed by atoms with E-state index in [1.54, 1.807) is 11.3 Å². The Hall–Kier alpha value is -1.03. The van der Waals surface area contributed by atoms with Gasteiger partial charge in [0.05, 0.1) is 21.6 Å². The fourth-order valence-corrected chi connectivity index (χ4v) is 2.56. The lowest BCUT2D eigenvalue weighted by atomic mass is 9.91. The predicted octanol–water partition coefficient (Wildman–Crippen LogP) is 2.95. The quantitative estimate of drug-likeness (QED) is 0.743. The van der Waals surface area contributed by atoms with Crippen molar-refractivity contribution in [3.05, 3.63) is 16.9 Å². The molecule has 0 saturated carbocycles. The average molecular weight is 221 g/mol. The normalized spacial score (nSPS) is 12.3.